The fourth-order valence-corrected chi connectivity index (χ4v) is 7.83. The first-order chi connectivity index (χ1) is 28.7. The first-order valence-electron chi connectivity index (χ1n) is 20.7. The molecule has 0 atom stereocenters. The third kappa shape index (κ3) is 11.0. The smallest absolute Gasteiger partial charge is 0.489 e. The van der Waals surface area contributed by atoms with Gasteiger partial charge in [0.1, 0.15) is 12.4 Å². The summed E-state index contributed by atoms with van der Waals surface area (Å²) in [5, 5.41) is 0. The van der Waals surface area contributed by atoms with Crippen LogP contribution in [0, 0.1) is 13.8 Å². The number of hydrogen-bond acceptors (Lipinski definition) is 8. The summed E-state index contributed by atoms with van der Waals surface area (Å²) in [6.07, 6.45) is 3.34. The van der Waals surface area contributed by atoms with Gasteiger partial charge < -0.3 is 33.1 Å². The van der Waals surface area contributed by atoms with E-state index in [-0.39, 0.29) is 0 Å². The number of allylic oxidation sites excluding steroid dienone is 2. The Morgan fingerprint density at radius 2 is 1.36 bits per heavy atom. The largest absolute Gasteiger partial charge is 0.677 e. The second kappa shape index (κ2) is 21.4. The summed E-state index contributed by atoms with van der Waals surface area (Å²) in [4.78, 5) is 11.9. The Bertz CT molecular complexity index is 2110. The van der Waals surface area contributed by atoms with Crippen LogP contribution in [0.3, 0.4) is 0 Å². The molecule has 3 aromatic carbocycles. The second-order valence-corrected chi connectivity index (χ2v) is 14.7. The Labute approximate surface area is 348 Å². The van der Waals surface area contributed by atoms with Crippen LogP contribution in [0.25, 0.3) is 5.57 Å². The van der Waals surface area contributed by atoms with Crippen molar-refractivity contribution in [3.05, 3.63) is 129 Å². The van der Waals surface area contributed by atoms with Crippen molar-refractivity contribution < 1.29 is 32.3 Å². The van der Waals surface area contributed by atoms with E-state index >= 15 is 0 Å². The van der Waals surface area contributed by atoms with Gasteiger partial charge in [-0.15, -0.1) is 0 Å². The zero-order valence-corrected chi connectivity index (χ0v) is 35.4. The minimum atomic E-state index is -2.68. The maximum Gasteiger partial charge on any atom is 0.677 e. The SMILES string of the molecule is CCC1=C(C)/C(=C(\c2ccc(COc3ccc(C=Nc4ccc(N5CCOCCOCCOCCOCC5)cc4)cc3)cc2)c2c(C)c(CC)c(C)n2B(F)F)N=C1C. The average Bonchev–Trinajstić information content (AvgIpc) is 3.67. The van der Waals surface area contributed by atoms with Crippen LogP contribution in [0.1, 0.15) is 73.3 Å². The third-order valence-corrected chi connectivity index (χ3v) is 11.0. The van der Waals surface area contributed by atoms with Crippen LogP contribution >= 0.6 is 0 Å². The molecule has 1 aromatic heterocycles. The van der Waals surface area contributed by atoms with Gasteiger partial charge in [0, 0.05) is 47.7 Å². The number of aliphatic imine (C=N–C) groups is 2. The Hall–Kier alpha value is -4.88. The van der Waals surface area contributed by atoms with Crippen molar-refractivity contribution in [1.82, 2.24) is 4.48 Å². The van der Waals surface area contributed by atoms with Gasteiger partial charge in [-0.05, 0) is 128 Å². The van der Waals surface area contributed by atoms with Crippen molar-refractivity contribution in [2.45, 2.75) is 61.0 Å². The highest BCUT2D eigenvalue weighted by Crippen LogP contribution is 2.40. The highest BCUT2D eigenvalue weighted by Gasteiger charge is 2.32. The lowest BCUT2D eigenvalue weighted by Crippen LogP contribution is -2.31. The van der Waals surface area contributed by atoms with Crippen LogP contribution in [0.15, 0.2) is 99.6 Å². The molecule has 1 fully saturated rings. The summed E-state index contributed by atoms with van der Waals surface area (Å²) in [6.45, 7) is 18.3. The lowest BCUT2D eigenvalue weighted by Gasteiger charge is -2.25. The average molecular weight is 807 g/mol. The Kier molecular flexibility index (Phi) is 15.9. The van der Waals surface area contributed by atoms with E-state index in [9.17, 15) is 8.63 Å². The fourth-order valence-electron chi connectivity index (χ4n) is 7.83. The first kappa shape index (κ1) is 43.7. The Morgan fingerprint density at radius 3 is 1.90 bits per heavy atom. The zero-order valence-electron chi connectivity index (χ0n) is 35.4. The normalized spacial score (nSPS) is 17.2. The molecule has 0 unspecified atom stereocenters. The number of halogens is 2. The van der Waals surface area contributed by atoms with E-state index in [0.29, 0.717) is 77.3 Å². The molecule has 59 heavy (non-hydrogen) atoms. The van der Waals surface area contributed by atoms with Gasteiger partial charge in [-0.25, -0.2) is 0 Å². The summed E-state index contributed by atoms with van der Waals surface area (Å²) in [5.41, 5.74) is 12.2. The number of nitrogens with zero attached hydrogens (tertiary/aromatic N) is 4. The summed E-state index contributed by atoms with van der Waals surface area (Å²) in [5.74, 6) is 0.732. The lowest BCUT2D eigenvalue weighted by molar-refractivity contribution is 0.00206. The zero-order chi connectivity index (χ0) is 41.7. The molecule has 1 saturated heterocycles. The minimum Gasteiger partial charge on any atom is -0.489 e. The molecule has 0 N–H and O–H groups in total. The Balaban J connectivity index is 1.10. The van der Waals surface area contributed by atoms with Crippen molar-refractivity contribution in [1.29, 1.82) is 0 Å². The maximum absolute atomic E-state index is 14.8. The molecule has 9 nitrogen and oxygen atoms in total. The molecule has 0 aliphatic carbocycles. The highest BCUT2D eigenvalue weighted by molar-refractivity contribution is 6.41. The standard InChI is InChI=1S/C47H57BF2N4O5/c1-7-43-33(3)46(52-35(43)5)45(47-34(4)44(8-2)36(6)54(47)48(49)50)39-13-9-38(10-14-39)32-59-42-19-11-37(12-20-42)31-51-40-15-17-41(18-16-40)53-21-23-55-25-27-57-29-30-58-28-26-56-24-22-53/h9-20,31H,7-8,21-30,32H2,1-6H3/b46-45-,51-31?. The van der Waals surface area contributed by atoms with E-state index in [2.05, 4.69) is 24.0 Å². The number of anilines is 1. The molecule has 4 aromatic rings. The van der Waals surface area contributed by atoms with Crippen molar-refractivity contribution in [3.8, 4) is 5.75 Å². The van der Waals surface area contributed by atoms with Crippen LogP contribution < -0.4 is 9.64 Å². The Morgan fingerprint density at radius 1 is 0.763 bits per heavy atom. The molecule has 0 radical (unpaired) electrons. The maximum atomic E-state index is 14.8. The van der Waals surface area contributed by atoms with Crippen LogP contribution in [0.2, 0.25) is 0 Å². The topological polar surface area (TPSA) is 79.0 Å². The second-order valence-electron chi connectivity index (χ2n) is 14.7. The van der Waals surface area contributed by atoms with Crippen molar-refractivity contribution in [2.75, 3.05) is 70.8 Å². The van der Waals surface area contributed by atoms with Gasteiger partial charge in [0.15, 0.2) is 0 Å². The molecule has 0 bridgehead atoms. The summed E-state index contributed by atoms with van der Waals surface area (Å²) < 4.78 is 59.5. The van der Waals surface area contributed by atoms with Gasteiger partial charge in [-0.2, -0.15) is 0 Å². The minimum absolute atomic E-state index is 0.353. The molecule has 312 valence electrons. The predicted octanol–water partition coefficient (Wildman–Crippen LogP) is 9.62. The van der Waals surface area contributed by atoms with Crippen molar-refractivity contribution >= 4 is 36.3 Å². The van der Waals surface area contributed by atoms with E-state index in [1.54, 1.807) is 6.92 Å². The van der Waals surface area contributed by atoms with Crippen LogP contribution in [-0.4, -0.2) is 89.8 Å². The van der Waals surface area contributed by atoms with Gasteiger partial charge in [-0.3, -0.25) is 18.6 Å². The summed E-state index contributed by atoms with van der Waals surface area (Å²) >= 11 is 0. The molecule has 0 spiro atoms. The molecule has 12 heteroatoms. The quantitative estimate of drug-likeness (QED) is 0.111. The monoisotopic (exact) mass is 806 g/mol. The van der Waals surface area contributed by atoms with E-state index in [1.807, 2.05) is 94.6 Å². The molecule has 0 amide bonds. The van der Waals surface area contributed by atoms with Gasteiger partial charge in [0.05, 0.1) is 64.2 Å². The summed E-state index contributed by atoms with van der Waals surface area (Å²) in [6, 6.07) is 24.0. The number of ether oxygens (including phenoxy) is 5. The molecule has 3 heterocycles. The van der Waals surface area contributed by atoms with E-state index < -0.39 is 7.40 Å². The van der Waals surface area contributed by atoms with Crippen LogP contribution in [0.4, 0.5) is 20.0 Å². The molecule has 2 aliphatic rings. The third-order valence-electron chi connectivity index (χ3n) is 11.0. The number of rotatable bonds is 11. The van der Waals surface area contributed by atoms with Gasteiger partial charge in [0.2, 0.25) is 0 Å². The first-order valence-corrected chi connectivity index (χ1v) is 20.7. The van der Waals surface area contributed by atoms with Gasteiger partial charge in [0.25, 0.3) is 0 Å². The number of benzene rings is 3. The van der Waals surface area contributed by atoms with Crippen molar-refractivity contribution in [2.24, 2.45) is 9.98 Å². The van der Waals surface area contributed by atoms with Gasteiger partial charge in [-0.1, -0.05) is 38.1 Å². The van der Waals surface area contributed by atoms with E-state index in [0.717, 1.165) is 92.6 Å². The van der Waals surface area contributed by atoms with E-state index in [4.69, 9.17) is 33.7 Å². The van der Waals surface area contributed by atoms with Crippen LogP contribution in [-0.2, 0) is 32.0 Å². The number of aromatic nitrogens is 1. The van der Waals surface area contributed by atoms with Gasteiger partial charge >= 0.3 is 7.40 Å². The lowest BCUT2D eigenvalue weighted by atomic mass is 9.92. The molecule has 6 rings (SSSR count). The molecule has 0 saturated carbocycles. The fraction of sp³-hybridized carbons (Fsp3) is 0.404. The summed E-state index contributed by atoms with van der Waals surface area (Å²) in [7, 11) is -2.68. The molecular weight excluding hydrogens is 749 g/mol. The highest BCUT2D eigenvalue weighted by atomic mass is 19.2. The number of hydrogen-bond donors (Lipinski definition) is 0. The van der Waals surface area contributed by atoms with Crippen molar-refractivity contribution in [3.63, 3.8) is 0 Å². The molecular formula is C47H57BF2N4O5. The van der Waals surface area contributed by atoms with E-state index in [1.165, 1.54) is 4.48 Å². The predicted molar refractivity (Wildman–Crippen MR) is 235 cm³/mol. The molecule has 2 aliphatic heterocycles. The van der Waals surface area contributed by atoms with Crippen LogP contribution in [0.5, 0.6) is 5.75 Å².